The number of carbonyl (C=O) groups is 5. The van der Waals surface area contributed by atoms with Crippen LogP contribution in [-0.4, -0.2) is 72.9 Å². The number of nitrogens with two attached hydrogens (primary N) is 3. The molecule has 1 rings (SSSR count). The third-order valence-corrected chi connectivity index (χ3v) is 4.36. The van der Waals surface area contributed by atoms with Crippen molar-refractivity contribution in [3.05, 3.63) is 35.4 Å². The number of rotatable bonds is 10. The lowest BCUT2D eigenvalue weighted by Gasteiger charge is -2.06. The van der Waals surface area contributed by atoms with E-state index in [4.69, 9.17) is 43.0 Å². The normalized spacial score (nSPS) is 9.67. The number of primary amides is 1. The van der Waals surface area contributed by atoms with Crippen LogP contribution in [0.1, 0.15) is 12.1 Å². The molecule has 0 radical (unpaired) electrons. The third-order valence-electron chi connectivity index (χ3n) is 2.58. The smallest absolute Gasteiger partial charge is 0.330 e. The lowest BCUT2D eigenvalue weighted by Crippen LogP contribution is -2.44. The van der Waals surface area contributed by atoms with Crippen LogP contribution < -0.4 is 28.1 Å². The Morgan fingerprint density at radius 1 is 0.944 bits per heavy atom. The highest BCUT2D eigenvalue weighted by Gasteiger charge is 2.03. The van der Waals surface area contributed by atoms with Crippen molar-refractivity contribution in [3.8, 4) is 0 Å². The van der Waals surface area contributed by atoms with Crippen molar-refractivity contribution in [2.75, 3.05) is 5.75 Å². The Labute approximate surface area is 211 Å². The minimum atomic E-state index is -1.26. The molecule has 1 heterocycles. The molecule has 1 aromatic rings. The number of guanidine groups is 1. The summed E-state index contributed by atoms with van der Waals surface area (Å²) < 4.78 is 0. The van der Waals surface area contributed by atoms with E-state index in [2.05, 4.69) is 20.8 Å². The molecule has 1 aromatic heterocycles. The van der Waals surface area contributed by atoms with E-state index in [0.717, 1.165) is 5.69 Å². The Morgan fingerprint density at radius 3 is 1.81 bits per heavy atom. The molecule has 2 amide bonds. The van der Waals surface area contributed by atoms with Crippen LogP contribution in [-0.2, 0) is 24.9 Å². The number of carboxylic acid groups (broad SMARTS) is 4. The molecular weight excluding hydrogens is 524 g/mol. The number of hydrazine groups is 1. The SMILES string of the molecule is N=C(CCSCc1csc(N=C(N)N)n1)NNC(N)=O.O=C(O)/C=C\C(=O)O.O=C(O)/C=C\C(=O)O. The van der Waals surface area contributed by atoms with Gasteiger partial charge in [0.15, 0.2) is 5.96 Å². The van der Waals surface area contributed by atoms with Crippen molar-refractivity contribution < 1.29 is 44.4 Å². The summed E-state index contributed by atoms with van der Waals surface area (Å²) in [5.41, 5.74) is 20.8. The van der Waals surface area contributed by atoms with E-state index in [1.54, 1.807) is 11.8 Å². The fourth-order valence-electron chi connectivity index (χ4n) is 1.36. The predicted octanol–water partition coefficient (Wildman–Crippen LogP) is -0.755. The zero-order valence-corrected chi connectivity index (χ0v) is 19.9. The van der Waals surface area contributed by atoms with E-state index >= 15 is 0 Å². The van der Waals surface area contributed by atoms with Gasteiger partial charge in [-0.15, -0.1) is 11.3 Å². The first kappa shape index (κ1) is 33.5. The summed E-state index contributed by atoms with van der Waals surface area (Å²) in [6, 6.07) is -0.725. The Bertz CT molecular complexity index is 938. The van der Waals surface area contributed by atoms with Crippen molar-refractivity contribution in [2.24, 2.45) is 22.2 Å². The van der Waals surface area contributed by atoms with Crippen LogP contribution in [0, 0.1) is 5.41 Å². The van der Waals surface area contributed by atoms with Crippen molar-refractivity contribution in [2.45, 2.75) is 12.2 Å². The van der Waals surface area contributed by atoms with E-state index < -0.39 is 29.9 Å². The highest BCUT2D eigenvalue weighted by molar-refractivity contribution is 7.98. The monoisotopic (exact) mass is 548 g/mol. The number of thioether (sulfide) groups is 1. The number of aromatic nitrogens is 1. The zero-order chi connectivity index (χ0) is 28.1. The molecule has 0 aromatic carbocycles. The summed E-state index contributed by atoms with van der Waals surface area (Å²) in [6.45, 7) is 0. The number of carboxylic acids is 4. The molecule has 0 saturated carbocycles. The second-order valence-electron chi connectivity index (χ2n) is 5.57. The van der Waals surface area contributed by atoms with Crippen LogP contribution in [0.3, 0.4) is 0 Å². The maximum Gasteiger partial charge on any atom is 0.330 e. The van der Waals surface area contributed by atoms with Gasteiger partial charge < -0.3 is 37.6 Å². The Morgan fingerprint density at radius 2 is 1.42 bits per heavy atom. The van der Waals surface area contributed by atoms with Gasteiger partial charge in [-0.2, -0.15) is 16.8 Å². The molecule has 19 heteroatoms. The molecule has 0 saturated heterocycles. The van der Waals surface area contributed by atoms with Gasteiger partial charge in [0.25, 0.3) is 0 Å². The van der Waals surface area contributed by atoms with E-state index in [1.165, 1.54) is 11.3 Å². The fourth-order valence-corrected chi connectivity index (χ4v) is 3.02. The number of carbonyl (C=O) groups excluding carboxylic acids is 1. The van der Waals surface area contributed by atoms with Crippen molar-refractivity contribution >= 4 is 69.9 Å². The number of nitrogens with one attached hydrogen (secondary N) is 3. The van der Waals surface area contributed by atoms with Crippen LogP contribution in [0.25, 0.3) is 0 Å². The summed E-state index contributed by atoms with van der Waals surface area (Å²) >= 11 is 2.98. The molecular formula is C17H24N8O9S2. The highest BCUT2D eigenvalue weighted by atomic mass is 32.2. The minimum Gasteiger partial charge on any atom is -0.478 e. The molecule has 0 unspecified atom stereocenters. The molecule has 0 fully saturated rings. The first-order valence-electron chi connectivity index (χ1n) is 9.01. The van der Waals surface area contributed by atoms with Crippen molar-refractivity contribution in [3.63, 3.8) is 0 Å². The Balaban J connectivity index is 0. The molecule has 0 aliphatic rings. The van der Waals surface area contributed by atoms with Gasteiger partial charge in [0.2, 0.25) is 5.13 Å². The number of hydrogen-bond donors (Lipinski definition) is 10. The quantitative estimate of drug-likeness (QED) is 0.0565. The van der Waals surface area contributed by atoms with Gasteiger partial charge in [-0.3, -0.25) is 16.3 Å². The standard InChI is InChI=1S/C9H16N8OS2.2C4H4O4/c10-6(16-17-8(13)18)1-2-19-3-5-4-20-9(14-5)15-7(11)12;2*5-3(6)1-2-4(7)8/h4H,1-3H2,(H2,10,16)(H3,13,17,18)(H4,11,12,14,15);2*1-2H,(H,5,6)(H,7,8)/b;2*2-1-. The first-order valence-corrected chi connectivity index (χ1v) is 11.0. The van der Waals surface area contributed by atoms with Crippen LogP contribution in [0.5, 0.6) is 0 Å². The second kappa shape index (κ2) is 19.8. The van der Waals surface area contributed by atoms with E-state index in [1.807, 2.05) is 5.38 Å². The number of urea groups is 1. The summed E-state index contributed by atoms with van der Waals surface area (Å²) in [5, 5.41) is 41.2. The summed E-state index contributed by atoms with van der Waals surface area (Å²) in [6.07, 6.45) is 2.71. The van der Waals surface area contributed by atoms with Crippen LogP contribution >= 0.6 is 23.1 Å². The summed E-state index contributed by atoms with van der Waals surface area (Å²) in [5.74, 6) is -3.44. The number of aliphatic carboxylic acids is 4. The lowest BCUT2D eigenvalue weighted by atomic mass is 10.4. The number of thiazole rings is 1. The lowest BCUT2D eigenvalue weighted by molar-refractivity contribution is -0.134. The topological polar surface area (TPSA) is 317 Å². The van der Waals surface area contributed by atoms with E-state index in [-0.39, 0.29) is 11.8 Å². The number of nitrogens with zero attached hydrogens (tertiary/aromatic N) is 2. The van der Waals surface area contributed by atoms with E-state index in [0.29, 0.717) is 47.4 Å². The van der Waals surface area contributed by atoms with E-state index in [9.17, 15) is 24.0 Å². The molecule has 198 valence electrons. The fraction of sp³-hybridized carbons (Fsp3) is 0.176. The minimum absolute atomic E-state index is 0.0139. The number of amidine groups is 1. The van der Waals surface area contributed by atoms with Gasteiger partial charge >= 0.3 is 29.9 Å². The molecule has 17 nitrogen and oxygen atoms in total. The summed E-state index contributed by atoms with van der Waals surface area (Å²) in [7, 11) is 0. The molecule has 0 aliphatic carbocycles. The Kier molecular flexibility index (Phi) is 18.4. The maximum absolute atomic E-state index is 10.4. The third kappa shape index (κ3) is 25.6. The highest BCUT2D eigenvalue weighted by Crippen LogP contribution is 2.21. The van der Waals surface area contributed by atoms with Gasteiger partial charge in [0, 0.05) is 47.6 Å². The average Bonchev–Trinajstić information content (AvgIpc) is 3.19. The molecule has 0 atom stereocenters. The van der Waals surface area contributed by atoms with Crippen LogP contribution in [0.2, 0.25) is 0 Å². The second-order valence-corrected chi connectivity index (χ2v) is 7.51. The largest absolute Gasteiger partial charge is 0.478 e. The van der Waals surface area contributed by atoms with Crippen molar-refractivity contribution in [1.29, 1.82) is 5.41 Å². The van der Waals surface area contributed by atoms with Gasteiger partial charge in [-0.25, -0.2) is 29.0 Å². The molecule has 0 bridgehead atoms. The zero-order valence-electron chi connectivity index (χ0n) is 18.3. The maximum atomic E-state index is 10.4. The number of hydrogen-bond acceptors (Lipinski definition) is 10. The van der Waals surface area contributed by atoms with Gasteiger partial charge in [0.05, 0.1) is 5.69 Å². The Hall–Kier alpha value is -4.65. The number of amides is 2. The van der Waals surface area contributed by atoms with Crippen LogP contribution in [0.4, 0.5) is 9.93 Å². The van der Waals surface area contributed by atoms with Gasteiger partial charge in [0.1, 0.15) is 5.84 Å². The number of aliphatic imine (C=N–C) groups is 1. The molecule has 0 spiro atoms. The van der Waals surface area contributed by atoms with Crippen molar-refractivity contribution in [1.82, 2.24) is 15.8 Å². The first-order chi connectivity index (χ1) is 16.7. The van der Waals surface area contributed by atoms with Gasteiger partial charge in [-0.05, 0) is 0 Å². The summed E-state index contributed by atoms with van der Waals surface area (Å²) in [4.78, 5) is 56.7. The van der Waals surface area contributed by atoms with Crippen LogP contribution in [0.15, 0.2) is 34.7 Å². The average molecular weight is 549 g/mol. The molecule has 36 heavy (non-hydrogen) atoms. The molecule has 0 aliphatic heterocycles. The predicted molar refractivity (Wildman–Crippen MR) is 131 cm³/mol. The molecule has 13 N–H and O–H groups in total. The van der Waals surface area contributed by atoms with Gasteiger partial charge in [-0.1, -0.05) is 0 Å².